The molecule has 14 nitrogen and oxygen atoms in total. The molecular weight excluding hydrogens is 656 g/mol. The van der Waals surface area contributed by atoms with E-state index in [2.05, 4.69) is 13.8 Å². The van der Waals surface area contributed by atoms with E-state index in [9.17, 15) is 40.5 Å². The van der Waals surface area contributed by atoms with E-state index in [1.54, 1.807) is 13.0 Å². The molecule has 0 aromatic carbocycles. The summed E-state index contributed by atoms with van der Waals surface area (Å²) in [6.07, 6.45) is -6.17. The van der Waals surface area contributed by atoms with Gasteiger partial charge in [-0.15, -0.1) is 0 Å². The number of fused-ring (bicyclic) bond motifs is 5. The largest absolute Gasteiger partial charge is 0.458 e. The molecule has 7 rings (SSSR count). The molecule has 284 valence electrons. The topological polar surface area (TPSA) is 214 Å². The van der Waals surface area contributed by atoms with Gasteiger partial charge in [-0.1, -0.05) is 13.8 Å². The van der Waals surface area contributed by atoms with Gasteiger partial charge in [0.25, 0.3) is 0 Å². The number of hydrogen-bond acceptors (Lipinski definition) is 14. The summed E-state index contributed by atoms with van der Waals surface area (Å²) in [5.41, 5.74) is -0.695. The molecule has 4 saturated carbocycles. The van der Waals surface area contributed by atoms with Crippen molar-refractivity contribution in [2.24, 2.45) is 34.5 Å². The summed E-state index contributed by atoms with van der Waals surface area (Å²) < 4.78 is 34.9. The summed E-state index contributed by atoms with van der Waals surface area (Å²) in [5.74, 6) is 0.0825. The van der Waals surface area contributed by atoms with Crippen molar-refractivity contribution >= 4 is 5.97 Å². The van der Waals surface area contributed by atoms with Gasteiger partial charge in [-0.2, -0.15) is 0 Å². The predicted octanol–water partition coefficient (Wildman–Crippen LogP) is -0.0948. The molecule has 6 fully saturated rings. The van der Waals surface area contributed by atoms with Gasteiger partial charge >= 0.3 is 5.97 Å². The Morgan fingerprint density at radius 1 is 0.860 bits per heavy atom. The van der Waals surface area contributed by atoms with Crippen LogP contribution in [-0.4, -0.2) is 141 Å². The molecule has 7 N–H and O–H groups in total. The maximum atomic E-state index is 12.5. The fourth-order valence-electron chi connectivity index (χ4n) is 11.6. The minimum atomic E-state index is -1.63. The number of esters is 1. The van der Waals surface area contributed by atoms with Crippen molar-refractivity contribution in [3.8, 4) is 0 Å². The molecule has 0 unspecified atom stereocenters. The van der Waals surface area contributed by atoms with E-state index in [4.69, 9.17) is 28.4 Å². The zero-order valence-corrected chi connectivity index (χ0v) is 29.4. The molecular formula is C36H56O14. The number of rotatable bonds is 7. The first-order valence-electron chi connectivity index (χ1n) is 18.4. The third-order valence-electron chi connectivity index (χ3n) is 14.5. The van der Waals surface area contributed by atoms with Crippen molar-refractivity contribution in [3.63, 3.8) is 0 Å². The van der Waals surface area contributed by atoms with Gasteiger partial charge in [0.15, 0.2) is 12.6 Å². The second-order valence-electron chi connectivity index (χ2n) is 16.6. The fourth-order valence-corrected chi connectivity index (χ4v) is 11.6. The van der Waals surface area contributed by atoms with Crippen LogP contribution in [0.3, 0.4) is 0 Å². The van der Waals surface area contributed by atoms with Crippen molar-refractivity contribution in [1.82, 2.24) is 0 Å². The van der Waals surface area contributed by atoms with Gasteiger partial charge < -0.3 is 64.2 Å². The maximum absolute atomic E-state index is 12.5. The van der Waals surface area contributed by atoms with Gasteiger partial charge in [-0.05, 0) is 86.5 Å². The third kappa shape index (κ3) is 5.63. The molecule has 14 heteroatoms. The van der Waals surface area contributed by atoms with Crippen LogP contribution < -0.4 is 0 Å². The average molecular weight is 713 g/mol. The molecule has 19 atom stereocenters. The lowest BCUT2D eigenvalue weighted by atomic mass is 9.42. The first-order valence-corrected chi connectivity index (χ1v) is 18.4. The van der Waals surface area contributed by atoms with Gasteiger partial charge in [-0.3, -0.25) is 0 Å². The van der Waals surface area contributed by atoms with E-state index in [1.165, 1.54) is 7.11 Å². The first-order chi connectivity index (χ1) is 23.7. The molecule has 3 aliphatic heterocycles. The highest BCUT2D eigenvalue weighted by molar-refractivity contribution is 5.85. The predicted molar refractivity (Wildman–Crippen MR) is 172 cm³/mol. The van der Waals surface area contributed by atoms with Crippen molar-refractivity contribution in [2.45, 2.75) is 151 Å². The van der Waals surface area contributed by atoms with E-state index >= 15 is 0 Å². The summed E-state index contributed by atoms with van der Waals surface area (Å²) in [7, 11) is 1.40. The van der Waals surface area contributed by atoms with Gasteiger partial charge in [-0.25, -0.2) is 4.79 Å². The molecule has 50 heavy (non-hydrogen) atoms. The molecule has 0 spiro atoms. The monoisotopic (exact) mass is 712 g/mol. The lowest BCUT2D eigenvalue weighted by Gasteiger charge is -2.64. The van der Waals surface area contributed by atoms with Gasteiger partial charge in [0.1, 0.15) is 49.3 Å². The number of cyclic esters (lactones) is 1. The van der Waals surface area contributed by atoms with Gasteiger partial charge in [0.2, 0.25) is 0 Å². The molecule has 3 heterocycles. The lowest BCUT2D eigenvalue weighted by molar-refractivity contribution is -0.363. The highest BCUT2D eigenvalue weighted by atomic mass is 16.7. The number of aliphatic hydroxyl groups is 7. The van der Waals surface area contributed by atoms with E-state index in [-0.39, 0.29) is 35.1 Å². The smallest absolute Gasteiger partial charge is 0.331 e. The third-order valence-corrected chi connectivity index (χ3v) is 14.5. The Morgan fingerprint density at radius 3 is 2.28 bits per heavy atom. The Balaban J connectivity index is 1.01. The normalized spacial score (nSPS) is 55.1. The highest BCUT2D eigenvalue weighted by Crippen LogP contribution is 2.70. The summed E-state index contributed by atoms with van der Waals surface area (Å²) in [6.45, 7) is 5.75. The van der Waals surface area contributed by atoms with E-state index in [0.29, 0.717) is 25.9 Å². The molecule has 2 saturated heterocycles. The summed E-state index contributed by atoms with van der Waals surface area (Å²) in [5, 5.41) is 76.3. The van der Waals surface area contributed by atoms with Crippen LogP contribution in [0.2, 0.25) is 0 Å². The van der Waals surface area contributed by atoms with Crippen LogP contribution in [0.15, 0.2) is 11.6 Å². The Hall–Kier alpha value is -1.27. The number of aliphatic hydroxyl groups excluding tert-OH is 6. The van der Waals surface area contributed by atoms with Crippen LogP contribution in [0.5, 0.6) is 0 Å². The minimum absolute atomic E-state index is 0.0330. The number of ether oxygens (including phenoxy) is 6. The lowest BCUT2D eigenvalue weighted by Crippen LogP contribution is -2.66. The highest BCUT2D eigenvalue weighted by Gasteiger charge is 2.69. The van der Waals surface area contributed by atoms with E-state index in [1.807, 2.05) is 0 Å². The van der Waals surface area contributed by atoms with Gasteiger partial charge in [0, 0.05) is 25.0 Å². The Bertz CT molecular complexity index is 1300. The minimum Gasteiger partial charge on any atom is -0.458 e. The Labute approximate surface area is 292 Å². The summed E-state index contributed by atoms with van der Waals surface area (Å²) in [4.78, 5) is 11.9. The second-order valence-corrected chi connectivity index (χ2v) is 16.6. The number of carbonyl (C=O) groups is 1. The molecule has 0 bridgehead atoms. The molecule has 0 aromatic rings. The molecule has 0 aromatic heterocycles. The Kier molecular flexibility index (Phi) is 10.0. The molecule has 4 aliphatic carbocycles. The van der Waals surface area contributed by atoms with Crippen LogP contribution in [0.4, 0.5) is 0 Å². The zero-order valence-electron chi connectivity index (χ0n) is 29.4. The number of carbonyl (C=O) groups excluding carboxylic acids is 1. The Morgan fingerprint density at radius 2 is 1.60 bits per heavy atom. The van der Waals surface area contributed by atoms with Crippen LogP contribution in [-0.2, 0) is 33.2 Å². The first kappa shape index (κ1) is 37.1. The van der Waals surface area contributed by atoms with Crippen molar-refractivity contribution in [2.75, 3.05) is 20.3 Å². The standard InChI is InChI=1S/C36H56O14/c1-16-30(50-32-28(42)27(41)26(40)23(14-37)49-32)31(45-4)29(43)33(47-16)48-19-12-18-5-6-22-21(35(18,3)24(38)13-19)7-9-34(2)20(8-10-36(22,34)44)17-11-25(39)46-15-17/h11,16,18-24,26-33,37-38,40-44H,5-10,12-15H2,1-4H3/t16-,18-,19-,20-,21+,22-,23-,24-,26-,27+,28-,29-,30+,31-,32+,33+,34-,35+,36+/m1/s1. The SMILES string of the molecule is CO[C@@H]1[C@@H](O)[C@H](O[C@@H]2C[C@H]3CC[C@@H]4[C@H](CC[C@]5(C)[C@@H](C6=CC(=O)OC6)CC[C@]45O)[C@@]3(C)[C@H](O)C2)O[C@H](C)[C@@H]1O[C@@H]1O[C@H](CO)[C@@H](O)[C@H](O)[C@H]1O. The van der Waals surface area contributed by atoms with Crippen LogP contribution >= 0.6 is 0 Å². The zero-order chi connectivity index (χ0) is 35.9. The van der Waals surface area contributed by atoms with Crippen molar-refractivity contribution in [1.29, 1.82) is 0 Å². The van der Waals surface area contributed by atoms with E-state index in [0.717, 1.165) is 37.7 Å². The van der Waals surface area contributed by atoms with Crippen molar-refractivity contribution in [3.05, 3.63) is 11.6 Å². The van der Waals surface area contributed by atoms with Crippen LogP contribution in [0.25, 0.3) is 0 Å². The molecule has 7 aliphatic rings. The van der Waals surface area contributed by atoms with Crippen LogP contribution in [0.1, 0.15) is 72.1 Å². The maximum Gasteiger partial charge on any atom is 0.331 e. The van der Waals surface area contributed by atoms with Crippen molar-refractivity contribution < 1.29 is 69.0 Å². The second kappa shape index (κ2) is 13.5. The summed E-state index contributed by atoms with van der Waals surface area (Å²) >= 11 is 0. The number of methoxy groups -OCH3 is 1. The van der Waals surface area contributed by atoms with Crippen LogP contribution in [0, 0.1) is 34.5 Å². The fraction of sp³-hybridized carbons (Fsp3) is 0.917. The average Bonchev–Trinajstić information content (AvgIpc) is 3.63. The summed E-state index contributed by atoms with van der Waals surface area (Å²) in [6, 6.07) is 0. The quantitative estimate of drug-likeness (QED) is 0.136. The van der Waals surface area contributed by atoms with E-state index < -0.39 is 91.2 Å². The molecule has 0 radical (unpaired) electrons. The molecule has 0 amide bonds. The van der Waals surface area contributed by atoms with Gasteiger partial charge in [0.05, 0.1) is 30.5 Å². The number of hydrogen-bond donors (Lipinski definition) is 7.